The Morgan fingerprint density at radius 2 is 1.04 bits per heavy atom. The third-order valence-corrected chi connectivity index (χ3v) is 6.93. The van der Waals surface area contributed by atoms with Gasteiger partial charge in [0.1, 0.15) is 6.66 Å². The Labute approximate surface area is 169 Å². The van der Waals surface area contributed by atoms with Gasteiger partial charge in [-0.3, -0.25) is 4.90 Å². The molecular weight excluding hydrogens is 355 g/mol. The van der Waals surface area contributed by atoms with Gasteiger partial charge in [0, 0.05) is 58.9 Å². The lowest BCUT2D eigenvalue weighted by Crippen LogP contribution is -2.47. The third kappa shape index (κ3) is 11.5. The van der Waals surface area contributed by atoms with Gasteiger partial charge in [-0.25, -0.2) is 0 Å². The molecule has 2 aliphatic rings. The summed E-state index contributed by atoms with van der Waals surface area (Å²) in [5, 5.41) is 3.42. The Morgan fingerprint density at radius 1 is 0.630 bits per heavy atom. The van der Waals surface area contributed by atoms with Crippen LogP contribution in [-0.2, 0) is 4.57 Å². The molecule has 2 saturated heterocycles. The lowest BCUT2D eigenvalue weighted by molar-refractivity contribution is 0.136. The smallest absolute Gasteiger partial charge is 0.314 e. The van der Waals surface area contributed by atoms with Crippen molar-refractivity contribution in [3.05, 3.63) is 0 Å². The maximum Gasteiger partial charge on any atom is 0.336 e. The summed E-state index contributed by atoms with van der Waals surface area (Å²) in [6.07, 6.45) is 12.1. The molecule has 1 unspecified atom stereocenters. The average molecular weight is 400 g/mol. The van der Waals surface area contributed by atoms with Crippen molar-refractivity contribution < 1.29 is 4.57 Å². The molecule has 158 valence electrons. The van der Waals surface area contributed by atoms with Crippen molar-refractivity contribution >= 4 is 7.80 Å². The van der Waals surface area contributed by atoms with Gasteiger partial charge < -0.3 is 15.1 Å². The van der Waals surface area contributed by atoms with Crippen molar-refractivity contribution in [2.24, 2.45) is 0 Å². The van der Waals surface area contributed by atoms with Crippen LogP contribution in [-0.4, -0.2) is 99.5 Å². The van der Waals surface area contributed by atoms with Crippen LogP contribution in [0.1, 0.15) is 51.4 Å². The molecule has 0 bridgehead atoms. The highest BCUT2D eigenvalue weighted by molar-refractivity contribution is 7.43. The number of rotatable bonds is 14. The van der Waals surface area contributed by atoms with E-state index in [1.165, 1.54) is 104 Å². The van der Waals surface area contributed by atoms with Crippen LogP contribution in [0.5, 0.6) is 0 Å². The predicted octanol–water partition coefficient (Wildman–Crippen LogP) is 3.09. The monoisotopic (exact) mass is 399 g/mol. The van der Waals surface area contributed by atoms with Gasteiger partial charge in [-0.05, 0) is 25.9 Å². The molecule has 1 atom stereocenters. The summed E-state index contributed by atoms with van der Waals surface area (Å²) in [7, 11) is -0.970. The zero-order valence-corrected chi connectivity index (χ0v) is 18.7. The van der Waals surface area contributed by atoms with Crippen LogP contribution >= 0.6 is 7.80 Å². The van der Waals surface area contributed by atoms with E-state index in [9.17, 15) is 4.57 Å². The highest BCUT2D eigenvalue weighted by Crippen LogP contribution is 2.14. The van der Waals surface area contributed by atoms with Gasteiger partial charge in [-0.2, -0.15) is 0 Å². The van der Waals surface area contributed by atoms with Crippen LogP contribution in [0.2, 0.25) is 0 Å². The summed E-state index contributed by atoms with van der Waals surface area (Å²) >= 11 is 0. The summed E-state index contributed by atoms with van der Waals surface area (Å²) in [6.45, 7) is 15.0. The molecule has 2 aliphatic heterocycles. The minimum absolute atomic E-state index is 0.866. The van der Waals surface area contributed by atoms with Crippen molar-refractivity contribution in [1.82, 2.24) is 20.0 Å². The van der Waals surface area contributed by atoms with E-state index in [4.69, 9.17) is 0 Å². The van der Waals surface area contributed by atoms with Crippen molar-refractivity contribution in [2.45, 2.75) is 51.4 Å². The summed E-state index contributed by atoms with van der Waals surface area (Å²) in [5.41, 5.74) is 0. The molecule has 5 nitrogen and oxygen atoms in total. The molecule has 1 N–H and O–H groups in total. The highest BCUT2D eigenvalue weighted by Gasteiger charge is 2.18. The van der Waals surface area contributed by atoms with Crippen molar-refractivity contribution in [2.75, 3.05) is 84.8 Å². The Balaban J connectivity index is 1.31. The normalized spacial score (nSPS) is 20.9. The highest BCUT2D eigenvalue weighted by atomic mass is 31.1. The molecular formula is C21H44N4OP+. The van der Waals surface area contributed by atoms with Crippen LogP contribution < -0.4 is 5.32 Å². The van der Waals surface area contributed by atoms with E-state index in [-0.39, 0.29) is 0 Å². The lowest BCUT2D eigenvalue weighted by Gasteiger charge is -2.33. The van der Waals surface area contributed by atoms with E-state index in [1.54, 1.807) is 0 Å². The summed E-state index contributed by atoms with van der Waals surface area (Å²) < 4.78 is 11.2. The molecule has 0 saturated carbocycles. The molecule has 0 aromatic carbocycles. The summed E-state index contributed by atoms with van der Waals surface area (Å²) in [5.74, 6) is 0. The van der Waals surface area contributed by atoms with Crippen LogP contribution in [0.15, 0.2) is 0 Å². The maximum atomic E-state index is 11.2. The van der Waals surface area contributed by atoms with Crippen molar-refractivity contribution in [3.63, 3.8) is 0 Å². The first-order valence-corrected chi connectivity index (χ1v) is 13.4. The number of nitrogens with one attached hydrogen (secondary N) is 1. The average Bonchev–Trinajstić information content (AvgIpc) is 2.69. The zero-order chi connectivity index (χ0) is 19.2. The van der Waals surface area contributed by atoms with Crippen LogP contribution in [0.25, 0.3) is 0 Å². The van der Waals surface area contributed by atoms with Gasteiger partial charge in [-0.15, -0.1) is 0 Å². The third-order valence-electron chi connectivity index (χ3n) is 6.10. The molecule has 0 amide bonds. The van der Waals surface area contributed by atoms with Crippen LogP contribution in [0, 0.1) is 0 Å². The Morgan fingerprint density at radius 3 is 1.52 bits per heavy atom. The molecule has 27 heavy (non-hydrogen) atoms. The second-order valence-corrected chi connectivity index (χ2v) is 10.2. The first-order chi connectivity index (χ1) is 13.2. The minimum atomic E-state index is -0.970. The second kappa shape index (κ2) is 14.9. The number of unbranched alkanes of at least 4 members (excludes halogenated alkanes) is 7. The fourth-order valence-corrected chi connectivity index (χ4v) is 4.75. The van der Waals surface area contributed by atoms with Gasteiger partial charge in [0.2, 0.25) is 0 Å². The molecule has 0 aliphatic carbocycles. The maximum absolute atomic E-state index is 11.2. The summed E-state index contributed by atoms with van der Waals surface area (Å²) in [4.78, 5) is 7.72. The van der Waals surface area contributed by atoms with E-state index < -0.39 is 7.80 Å². The Kier molecular flexibility index (Phi) is 12.8. The standard InChI is InChI=1S/C21H44N4OP/c1-27(26)21-20-25-18-16-24(17-19-25)13-9-7-5-3-2-4-6-8-12-23-14-10-22-11-15-23/h22H,2-21H2,1H3/q+1. The predicted molar refractivity (Wildman–Crippen MR) is 118 cm³/mol. The molecule has 6 heteroatoms. The molecule has 2 rings (SSSR count). The van der Waals surface area contributed by atoms with Gasteiger partial charge in [0.15, 0.2) is 6.16 Å². The van der Waals surface area contributed by atoms with Gasteiger partial charge in [0.05, 0.1) is 0 Å². The topological polar surface area (TPSA) is 38.8 Å². The molecule has 2 heterocycles. The quantitative estimate of drug-likeness (QED) is 0.359. The summed E-state index contributed by atoms with van der Waals surface area (Å²) in [6, 6.07) is 0. The fourth-order valence-electron chi connectivity index (χ4n) is 4.18. The first kappa shape index (κ1) is 23.2. The zero-order valence-electron chi connectivity index (χ0n) is 17.8. The molecule has 0 spiro atoms. The van der Waals surface area contributed by atoms with E-state index in [0.29, 0.717) is 0 Å². The number of hydrogen-bond donors (Lipinski definition) is 1. The second-order valence-electron chi connectivity index (χ2n) is 8.45. The molecule has 2 fully saturated rings. The number of nitrogens with zero attached hydrogens (tertiary/aromatic N) is 3. The number of piperazine rings is 2. The van der Waals surface area contributed by atoms with Gasteiger partial charge >= 0.3 is 7.80 Å². The lowest BCUT2D eigenvalue weighted by atomic mass is 10.1. The first-order valence-electron chi connectivity index (χ1n) is 11.5. The number of hydrogen-bond acceptors (Lipinski definition) is 5. The molecule has 0 aromatic rings. The van der Waals surface area contributed by atoms with E-state index >= 15 is 0 Å². The molecule has 0 aromatic heterocycles. The Bertz CT molecular complexity index is 382. The Hall–Kier alpha value is -0.0600. The van der Waals surface area contributed by atoms with Crippen molar-refractivity contribution in [3.8, 4) is 0 Å². The van der Waals surface area contributed by atoms with Gasteiger partial charge in [-0.1, -0.05) is 43.1 Å². The van der Waals surface area contributed by atoms with E-state index in [1.807, 2.05) is 6.66 Å². The van der Waals surface area contributed by atoms with Crippen LogP contribution in [0.4, 0.5) is 0 Å². The minimum Gasteiger partial charge on any atom is -0.314 e. The van der Waals surface area contributed by atoms with E-state index in [0.717, 1.165) is 25.8 Å². The van der Waals surface area contributed by atoms with Crippen LogP contribution in [0.3, 0.4) is 0 Å². The fraction of sp³-hybridized carbons (Fsp3) is 1.00. The van der Waals surface area contributed by atoms with E-state index in [2.05, 4.69) is 20.0 Å². The van der Waals surface area contributed by atoms with Crippen molar-refractivity contribution in [1.29, 1.82) is 0 Å². The molecule has 0 radical (unpaired) electrons. The SMILES string of the molecule is C[P+](=O)CCN1CCN(CCCCCCCCCCN2CCNCC2)CC1. The largest absolute Gasteiger partial charge is 0.336 e. The van der Waals surface area contributed by atoms with Gasteiger partial charge in [0.25, 0.3) is 0 Å².